The third-order valence-electron chi connectivity index (χ3n) is 4.17. The van der Waals surface area contributed by atoms with Gasteiger partial charge in [-0.1, -0.05) is 36.7 Å². The summed E-state index contributed by atoms with van der Waals surface area (Å²) in [7, 11) is 0. The molecule has 1 aliphatic heterocycles. The van der Waals surface area contributed by atoms with E-state index < -0.39 is 0 Å². The van der Waals surface area contributed by atoms with Gasteiger partial charge in [0.2, 0.25) is 0 Å². The van der Waals surface area contributed by atoms with Crippen LogP contribution in [-0.4, -0.2) is 30.8 Å². The van der Waals surface area contributed by atoms with Crippen LogP contribution in [0.1, 0.15) is 32.8 Å². The van der Waals surface area contributed by atoms with Crippen LogP contribution in [0.5, 0.6) is 0 Å². The normalized spacial score (nSPS) is 22.9. The monoisotopic (exact) mass is 354 g/mol. The Labute approximate surface area is 136 Å². The molecular weight excluding hydrogens is 328 g/mol. The van der Waals surface area contributed by atoms with Gasteiger partial charge >= 0.3 is 0 Å². The topological polar surface area (TPSA) is 35.5 Å². The van der Waals surface area contributed by atoms with Crippen LogP contribution in [0.2, 0.25) is 0 Å². The number of benzene rings is 1. The zero-order chi connectivity index (χ0) is 15.4. The summed E-state index contributed by atoms with van der Waals surface area (Å²) in [5.74, 6) is 1.05. The first-order valence-electron chi connectivity index (χ1n) is 7.89. The van der Waals surface area contributed by atoms with Gasteiger partial charge in [0.25, 0.3) is 0 Å². The van der Waals surface area contributed by atoms with Crippen molar-refractivity contribution in [2.75, 3.05) is 24.5 Å². The molecule has 0 aliphatic carbocycles. The fraction of sp³-hybridized carbons (Fsp3) is 0.647. The van der Waals surface area contributed by atoms with Gasteiger partial charge in [0.15, 0.2) is 0 Å². The van der Waals surface area contributed by atoms with Crippen LogP contribution in [0.15, 0.2) is 22.7 Å². The van der Waals surface area contributed by atoms with Gasteiger partial charge in [-0.15, -0.1) is 0 Å². The SMILES string of the molecule is CC(C)CNCc1cc(Br)ccc1N1CCC(C)C(O)C1. The third-order valence-corrected chi connectivity index (χ3v) is 4.66. The molecule has 1 aromatic rings. The van der Waals surface area contributed by atoms with Gasteiger partial charge in [0, 0.05) is 29.8 Å². The van der Waals surface area contributed by atoms with Crippen LogP contribution in [0.25, 0.3) is 0 Å². The van der Waals surface area contributed by atoms with E-state index in [1.807, 2.05) is 0 Å². The number of piperidine rings is 1. The standard InChI is InChI=1S/C17H27BrN2O/c1-12(2)9-19-10-14-8-15(18)4-5-16(14)20-7-6-13(3)17(21)11-20/h4-5,8,12-13,17,19,21H,6-7,9-11H2,1-3H3. The molecule has 1 aromatic carbocycles. The van der Waals surface area contributed by atoms with E-state index in [1.165, 1.54) is 11.3 Å². The van der Waals surface area contributed by atoms with Gasteiger partial charge < -0.3 is 15.3 Å². The average molecular weight is 355 g/mol. The van der Waals surface area contributed by atoms with Crippen molar-refractivity contribution in [3.05, 3.63) is 28.2 Å². The largest absolute Gasteiger partial charge is 0.391 e. The van der Waals surface area contributed by atoms with E-state index in [9.17, 15) is 5.11 Å². The van der Waals surface area contributed by atoms with E-state index in [-0.39, 0.29) is 6.10 Å². The lowest BCUT2D eigenvalue weighted by atomic mass is 9.95. The van der Waals surface area contributed by atoms with Crippen molar-refractivity contribution < 1.29 is 5.11 Å². The van der Waals surface area contributed by atoms with E-state index in [0.29, 0.717) is 11.8 Å². The number of nitrogens with zero attached hydrogens (tertiary/aromatic N) is 1. The molecule has 0 aromatic heterocycles. The highest BCUT2D eigenvalue weighted by Gasteiger charge is 2.25. The fourth-order valence-electron chi connectivity index (χ4n) is 2.77. The predicted molar refractivity (Wildman–Crippen MR) is 92.7 cm³/mol. The molecule has 2 N–H and O–H groups in total. The van der Waals surface area contributed by atoms with E-state index in [4.69, 9.17) is 0 Å². The number of anilines is 1. The Morgan fingerprint density at radius 2 is 2.19 bits per heavy atom. The number of halogens is 1. The van der Waals surface area contributed by atoms with Crippen molar-refractivity contribution in [3.63, 3.8) is 0 Å². The maximum atomic E-state index is 10.1. The average Bonchev–Trinajstić information content (AvgIpc) is 2.42. The van der Waals surface area contributed by atoms with E-state index >= 15 is 0 Å². The van der Waals surface area contributed by atoms with Crippen LogP contribution in [0.4, 0.5) is 5.69 Å². The quantitative estimate of drug-likeness (QED) is 0.850. The highest BCUT2D eigenvalue weighted by molar-refractivity contribution is 9.10. The minimum atomic E-state index is -0.223. The van der Waals surface area contributed by atoms with Gasteiger partial charge in [-0.2, -0.15) is 0 Å². The molecule has 0 saturated carbocycles. The molecule has 0 amide bonds. The summed E-state index contributed by atoms with van der Waals surface area (Å²) in [5, 5.41) is 13.7. The van der Waals surface area contributed by atoms with Gasteiger partial charge in [0.05, 0.1) is 6.10 Å². The molecule has 2 unspecified atom stereocenters. The number of β-amino-alcohol motifs (C(OH)–C–C–N with tert-alkyl or cyclic N) is 1. The Morgan fingerprint density at radius 1 is 1.43 bits per heavy atom. The molecule has 1 saturated heterocycles. The van der Waals surface area contributed by atoms with Gasteiger partial charge in [-0.3, -0.25) is 0 Å². The molecule has 0 spiro atoms. The number of hydrogen-bond donors (Lipinski definition) is 2. The molecule has 2 atom stereocenters. The highest BCUT2D eigenvalue weighted by Crippen LogP contribution is 2.28. The maximum absolute atomic E-state index is 10.1. The smallest absolute Gasteiger partial charge is 0.0741 e. The minimum absolute atomic E-state index is 0.223. The first-order valence-corrected chi connectivity index (χ1v) is 8.69. The molecule has 2 rings (SSSR count). The zero-order valence-electron chi connectivity index (χ0n) is 13.3. The van der Waals surface area contributed by atoms with Crippen molar-refractivity contribution in [1.82, 2.24) is 5.32 Å². The fourth-order valence-corrected chi connectivity index (χ4v) is 3.18. The molecular formula is C17H27BrN2O. The molecule has 21 heavy (non-hydrogen) atoms. The first-order chi connectivity index (χ1) is 9.97. The molecule has 0 radical (unpaired) electrons. The summed E-state index contributed by atoms with van der Waals surface area (Å²) in [6.07, 6.45) is 0.828. The highest BCUT2D eigenvalue weighted by atomic mass is 79.9. The Bertz CT molecular complexity index is 464. The lowest BCUT2D eigenvalue weighted by molar-refractivity contribution is 0.103. The Morgan fingerprint density at radius 3 is 2.86 bits per heavy atom. The lowest BCUT2D eigenvalue weighted by Gasteiger charge is -2.37. The van der Waals surface area contributed by atoms with Crippen molar-refractivity contribution in [3.8, 4) is 0 Å². The lowest BCUT2D eigenvalue weighted by Crippen LogP contribution is -2.43. The molecule has 1 aliphatic rings. The van der Waals surface area contributed by atoms with E-state index in [2.05, 4.69) is 65.1 Å². The number of aliphatic hydroxyl groups excluding tert-OH is 1. The Hall–Kier alpha value is -0.580. The second-order valence-corrected chi connectivity index (χ2v) is 7.49. The van der Waals surface area contributed by atoms with Crippen molar-refractivity contribution in [2.24, 2.45) is 11.8 Å². The van der Waals surface area contributed by atoms with Crippen LogP contribution in [0.3, 0.4) is 0 Å². The zero-order valence-corrected chi connectivity index (χ0v) is 14.9. The van der Waals surface area contributed by atoms with Crippen molar-refractivity contribution >= 4 is 21.6 Å². The summed E-state index contributed by atoms with van der Waals surface area (Å²) in [6.45, 7) is 10.2. The summed E-state index contributed by atoms with van der Waals surface area (Å²) < 4.78 is 1.11. The van der Waals surface area contributed by atoms with Crippen LogP contribution in [-0.2, 0) is 6.54 Å². The third kappa shape index (κ3) is 4.70. The summed E-state index contributed by atoms with van der Waals surface area (Å²) in [5.41, 5.74) is 2.55. The predicted octanol–water partition coefficient (Wildman–Crippen LogP) is 3.40. The number of hydrogen-bond acceptors (Lipinski definition) is 3. The molecule has 1 fully saturated rings. The minimum Gasteiger partial charge on any atom is -0.391 e. The number of aliphatic hydroxyl groups is 1. The van der Waals surface area contributed by atoms with Crippen LogP contribution < -0.4 is 10.2 Å². The van der Waals surface area contributed by atoms with Gasteiger partial charge in [-0.05, 0) is 48.6 Å². The Kier molecular flexibility index (Phi) is 6.08. The summed E-state index contributed by atoms with van der Waals surface area (Å²) in [6, 6.07) is 6.44. The number of nitrogens with one attached hydrogen (secondary N) is 1. The second-order valence-electron chi connectivity index (χ2n) is 6.58. The van der Waals surface area contributed by atoms with Crippen LogP contribution in [0, 0.1) is 11.8 Å². The maximum Gasteiger partial charge on any atom is 0.0741 e. The molecule has 4 heteroatoms. The van der Waals surface area contributed by atoms with Gasteiger partial charge in [0.1, 0.15) is 0 Å². The molecule has 1 heterocycles. The van der Waals surface area contributed by atoms with Crippen molar-refractivity contribution in [1.29, 1.82) is 0 Å². The summed E-state index contributed by atoms with van der Waals surface area (Å²) >= 11 is 3.57. The molecule has 118 valence electrons. The van der Waals surface area contributed by atoms with Crippen molar-refractivity contribution in [2.45, 2.75) is 39.8 Å². The van der Waals surface area contributed by atoms with Gasteiger partial charge in [-0.25, -0.2) is 0 Å². The molecule has 3 nitrogen and oxygen atoms in total. The first kappa shape index (κ1) is 16.8. The number of rotatable bonds is 5. The van der Waals surface area contributed by atoms with E-state index in [0.717, 1.165) is 37.1 Å². The van der Waals surface area contributed by atoms with Crippen LogP contribution >= 0.6 is 15.9 Å². The van der Waals surface area contributed by atoms with E-state index in [1.54, 1.807) is 0 Å². The summed E-state index contributed by atoms with van der Waals surface area (Å²) in [4.78, 5) is 2.32. The second kappa shape index (κ2) is 7.61. The molecule has 0 bridgehead atoms. The Balaban J connectivity index is 2.11.